The summed E-state index contributed by atoms with van der Waals surface area (Å²) in [6.45, 7) is 5.81. The summed E-state index contributed by atoms with van der Waals surface area (Å²) in [4.78, 5) is 5.66. The Hall–Kier alpha value is -1.22. The van der Waals surface area contributed by atoms with Gasteiger partial charge in [-0.3, -0.25) is 0 Å². The third-order valence-electron chi connectivity index (χ3n) is 2.43. The lowest BCUT2D eigenvalue weighted by molar-refractivity contribution is 0.619. The Bertz CT molecular complexity index is 483. The summed E-state index contributed by atoms with van der Waals surface area (Å²) in [5.74, 6) is -0.163. The van der Waals surface area contributed by atoms with Crippen LogP contribution in [0.3, 0.4) is 0 Å². The van der Waals surface area contributed by atoms with Gasteiger partial charge in [-0.1, -0.05) is 0 Å². The summed E-state index contributed by atoms with van der Waals surface area (Å²) < 4.78 is 13.1. The monoisotopic (exact) mass is 221 g/mol. The molecule has 0 aliphatic carbocycles. The zero-order valence-corrected chi connectivity index (χ0v) is 9.78. The lowest BCUT2D eigenvalue weighted by atomic mass is 10.1. The van der Waals surface area contributed by atoms with E-state index >= 15 is 0 Å². The number of rotatable bonds is 1. The number of hydrogen-bond donors (Lipinski definition) is 0. The zero-order valence-electron chi connectivity index (χ0n) is 8.97. The maximum Gasteiger partial charge on any atom is 0.126 e. The van der Waals surface area contributed by atoms with Gasteiger partial charge in [0.25, 0.3) is 0 Å². The fraction of sp³-hybridized carbons (Fsp3) is 0.250. The van der Waals surface area contributed by atoms with Crippen molar-refractivity contribution >= 4 is 11.3 Å². The average Bonchev–Trinajstić information content (AvgIpc) is 2.52. The van der Waals surface area contributed by atoms with Gasteiger partial charge < -0.3 is 0 Å². The highest BCUT2D eigenvalue weighted by Gasteiger charge is 2.07. The van der Waals surface area contributed by atoms with Gasteiger partial charge in [0.1, 0.15) is 10.8 Å². The van der Waals surface area contributed by atoms with Crippen LogP contribution >= 0.6 is 11.3 Å². The standard InChI is InChI=1S/C12H12FNS/c1-7-6-10(4-5-11(7)13)12-14-8(2)9(3)15-12/h4-6H,1-3H3. The van der Waals surface area contributed by atoms with Crippen LogP contribution in [0, 0.1) is 26.6 Å². The van der Waals surface area contributed by atoms with Crippen LogP contribution in [0.4, 0.5) is 4.39 Å². The largest absolute Gasteiger partial charge is 0.241 e. The summed E-state index contributed by atoms with van der Waals surface area (Å²) >= 11 is 1.65. The van der Waals surface area contributed by atoms with E-state index in [1.807, 2.05) is 19.9 Å². The van der Waals surface area contributed by atoms with Gasteiger partial charge in [-0.05, 0) is 44.5 Å². The average molecular weight is 221 g/mol. The molecular weight excluding hydrogens is 209 g/mol. The number of nitrogens with zero attached hydrogens (tertiary/aromatic N) is 1. The lowest BCUT2D eigenvalue weighted by Gasteiger charge is -1.99. The highest BCUT2D eigenvalue weighted by atomic mass is 32.1. The highest BCUT2D eigenvalue weighted by molar-refractivity contribution is 7.15. The van der Waals surface area contributed by atoms with Crippen molar-refractivity contribution in [1.82, 2.24) is 4.98 Å². The van der Waals surface area contributed by atoms with E-state index in [9.17, 15) is 4.39 Å². The van der Waals surface area contributed by atoms with Crippen LogP contribution in [0.25, 0.3) is 10.6 Å². The van der Waals surface area contributed by atoms with Crippen molar-refractivity contribution in [3.63, 3.8) is 0 Å². The van der Waals surface area contributed by atoms with Gasteiger partial charge in [-0.2, -0.15) is 0 Å². The number of benzene rings is 1. The van der Waals surface area contributed by atoms with Gasteiger partial charge >= 0.3 is 0 Å². The highest BCUT2D eigenvalue weighted by Crippen LogP contribution is 2.28. The molecule has 78 valence electrons. The van der Waals surface area contributed by atoms with Gasteiger partial charge in [0.15, 0.2) is 0 Å². The van der Waals surface area contributed by atoms with Crippen LogP contribution in [0.2, 0.25) is 0 Å². The van der Waals surface area contributed by atoms with Gasteiger partial charge in [0.2, 0.25) is 0 Å². The molecule has 0 bridgehead atoms. The predicted octanol–water partition coefficient (Wildman–Crippen LogP) is 3.87. The molecule has 3 heteroatoms. The molecule has 2 rings (SSSR count). The molecule has 0 unspecified atom stereocenters. The Morgan fingerprint density at radius 2 is 1.93 bits per heavy atom. The molecule has 15 heavy (non-hydrogen) atoms. The maximum absolute atomic E-state index is 13.1. The van der Waals surface area contributed by atoms with E-state index in [1.165, 1.54) is 10.9 Å². The van der Waals surface area contributed by atoms with Crippen molar-refractivity contribution in [2.75, 3.05) is 0 Å². The van der Waals surface area contributed by atoms with Crippen molar-refractivity contribution in [3.8, 4) is 10.6 Å². The second-order valence-corrected chi connectivity index (χ2v) is 4.83. The molecule has 0 saturated carbocycles. The maximum atomic E-state index is 13.1. The van der Waals surface area contributed by atoms with Crippen LogP contribution < -0.4 is 0 Å². The topological polar surface area (TPSA) is 12.9 Å². The number of aromatic nitrogens is 1. The Morgan fingerprint density at radius 3 is 2.47 bits per heavy atom. The first-order valence-electron chi connectivity index (χ1n) is 4.78. The second kappa shape index (κ2) is 3.74. The summed E-state index contributed by atoms with van der Waals surface area (Å²) in [5, 5.41) is 0.966. The van der Waals surface area contributed by atoms with Crippen molar-refractivity contribution in [3.05, 3.63) is 40.2 Å². The first-order chi connectivity index (χ1) is 7.08. The van der Waals surface area contributed by atoms with E-state index in [4.69, 9.17) is 0 Å². The van der Waals surface area contributed by atoms with Crippen molar-refractivity contribution < 1.29 is 4.39 Å². The van der Waals surface area contributed by atoms with Crippen molar-refractivity contribution in [1.29, 1.82) is 0 Å². The molecular formula is C12H12FNS. The van der Waals surface area contributed by atoms with Gasteiger partial charge in [-0.15, -0.1) is 11.3 Å². The summed E-state index contributed by atoms with van der Waals surface area (Å²) in [6, 6.07) is 5.11. The molecule has 1 aromatic carbocycles. The summed E-state index contributed by atoms with van der Waals surface area (Å²) in [5.41, 5.74) is 2.71. The minimum Gasteiger partial charge on any atom is -0.241 e. The van der Waals surface area contributed by atoms with E-state index in [1.54, 1.807) is 24.3 Å². The first kappa shape index (κ1) is 10.3. The smallest absolute Gasteiger partial charge is 0.126 e. The molecule has 1 nitrogen and oxygen atoms in total. The molecule has 1 aromatic heterocycles. The Morgan fingerprint density at radius 1 is 1.20 bits per heavy atom. The molecule has 0 N–H and O–H groups in total. The number of halogens is 1. The quantitative estimate of drug-likeness (QED) is 0.712. The molecule has 0 atom stereocenters. The third-order valence-corrected chi connectivity index (χ3v) is 3.56. The van der Waals surface area contributed by atoms with Gasteiger partial charge in [0, 0.05) is 10.4 Å². The summed E-state index contributed by atoms with van der Waals surface area (Å²) in [6.07, 6.45) is 0. The molecule has 2 aromatic rings. The molecule has 0 aliphatic heterocycles. The number of aryl methyl sites for hydroxylation is 3. The fourth-order valence-corrected chi connectivity index (χ4v) is 2.28. The Kier molecular flexibility index (Phi) is 2.57. The van der Waals surface area contributed by atoms with E-state index in [0.717, 1.165) is 16.3 Å². The minimum atomic E-state index is -0.163. The Balaban J connectivity index is 2.49. The molecule has 0 fully saturated rings. The van der Waals surface area contributed by atoms with Gasteiger partial charge in [0.05, 0.1) is 5.69 Å². The molecule has 0 amide bonds. The summed E-state index contributed by atoms with van der Waals surface area (Å²) in [7, 11) is 0. The van der Waals surface area contributed by atoms with Crippen LogP contribution in [0.15, 0.2) is 18.2 Å². The van der Waals surface area contributed by atoms with Crippen LogP contribution in [-0.4, -0.2) is 4.98 Å². The number of thiazole rings is 1. The van der Waals surface area contributed by atoms with Crippen molar-refractivity contribution in [2.24, 2.45) is 0 Å². The van der Waals surface area contributed by atoms with Crippen molar-refractivity contribution in [2.45, 2.75) is 20.8 Å². The van der Waals surface area contributed by atoms with E-state index in [-0.39, 0.29) is 5.82 Å². The van der Waals surface area contributed by atoms with E-state index < -0.39 is 0 Å². The third kappa shape index (κ3) is 1.92. The molecule has 0 saturated heterocycles. The van der Waals surface area contributed by atoms with Crippen LogP contribution in [-0.2, 0) is 0 Å². The first-order valence-corrected chi connectivity index (χ1v) is 5.60. The molecule has 1 heterocycles. The number of hydrogen-bond acceptors (Lipinski definition) is 2. The lowest BCUT2D eigenvalue weighted by Crippen LogP contribution is -1.83. The van der Waals surface area contributed by atoms with E-state index in [2.05, 4.69) is 4.98 Å². The fourth-order valence-electron chi connectivity index (χ4n) is 1.37. The Labute approximate surface area is 92.6 Å². The SMILES string of the molecule is Cc1cc(-c2nc(C)c(C)s2)ccc1F. The van der Waals surface area contributed by atoms with Crippen LogP contribution in [0.1, 0.15) is 16.1 Å². The molecule has 0 spiro atoms. The second-order valence-electron chi connectivity index (χ2n) is 3.62. The zero-order chi connectivity index (χ0) is 11.0. The minimum absolute atomic E-state index is 0.163. The van der Waals surface area contributed by atoms with Gasteiger partial charge in [-0.25, -0.2) is 9.37 Å². The normalized spacial score (nSPS) is 10.7. The molecule has 0 aliphatic rings. The molecule has 0 radical (unpaired) electrons. The van der Waals surface area contributed by atoms with Crippen LogP contribution in [0.5, 0.6) is 0 Å². The predicted molar refractivity (Wildman–Crippen MR) is 61.7 cm³/mol. The van der Waals surface area contributed by atoms with E-state index in [0.29, 0.717) is 5.56 Å².